The number of primary amides is 1. The average molecular weight is 407 g/mol. The predicted octanol–water partition coefficient (Wildman–Crippen LogP) is 1.40. The van der Waals surface area contributed by atoms with E-state index in [-0.39, 0.29) is 4.90 Å². The molecule has 0 spiro atoms. The van der Waals surface area contributed by atoms with Crippen molar-refractivity contribution >= 4 is 31.9 Å². The molecule has 1 saturated carbocycles. The van der Waals surface area contributed by atoms with Crippen molar-refractivity contribution in [3.63, 3.8) is 0 Å². The number of carbonyl (C=O) groups is 1. The molecule has 0 bridgehead atoms. The van der Waals surface area contributed by atoms with Crippen molar-refractivity contribution in [3.8, 4) is 11.5 Å². The van der Waals surface area contributed by atoms with Gasteiger partial charge in [-0.3, -0.25) is 4.79 Å². The van der Waals surface area contributed by atoms with E-state index in [4.69, 9.17) is 15.2 Å². The van der Waals surface area contributed by atoms with Gasteiger partial charge in [-0.1, -0.05) is 6.42 Å². The summed E-state index contributed by atoms with van der Waals surface area (Å²) in [6.07, 6.45) is 1.93. The Labute approximate surface area is 143 Å². The zero-order valence-corrected chi connectivity index (χ0v) is 15.2. The van der Waals surface area contributed by atoms with Gasteiger partial charge in [0.05, 0.1) is 20.1 Å². The number of hydrogen-bond acceptors (Lipinski definition) is 5. The minimum atomic E-state index is -3.84. The van der Waals surface area contributed by atoms with E-state index >= 15 is 0 Å². The van der Waals surface area contributed by atoms with Crippen LogP contribution in [0.1, 0.15) is 19.3 Å². The first-order chi connectivity index (χ1) is 10.8. The fourth-order valence-electron chi connectivity index (χ4n) is 2.75. The Kier molecular flexibility index (Phi) is 5.53. The van der Waals surface area contributed by atoms with Crippen LogP contribution in [0.25, 0.3) is 0 Å². The van der Waals surface area contributed by atoms with Crippen molar-refractivity contribution in [2.24, 2.45) is 11.7 Å². The molecule has 2 atom stereocenters. The summed E-state index contributed by atoms with van der Waals surface area (Å²) in [5.74, 6) is -0.256. The molecule has 9 heteroatoms. The molecule has 1 aromatic rings. The van der Waals surface area contributed by atoms with E-state index in [9.17, 15) is 13.2 Å². The lowest BCUT2D eigenvalue weighted by molar-refractivity contribution is -0.122. The van der Waals surface area contributed by atoms with Crippen molar-refractivity contribution in [3.05, 3.63) is 16.6 Å². The minimum absolute atomic E-state index is 0.0188. The lowest BCUT2D eigenvalue weighted by Gasteiger charge is -2.19. The molecule has 1 aromatic carbocycles. The van der Waals surface area contributed by atoms with Gasteiger partial charge < -0.3 is 15.2 Å². The highest BCUT2D eigenvalue weighted by molar-refractivity contribution is 9.10. The highest BCUT2D eigenvalue weighted by Crippen LogP contribution is 2.36. The number of nitrogens with one attached hydrogen (secondary N) is 1. The van der Waals surface area contributed by atoms with Crippen LogP contribution in [0.4, 0.5) is 0 Å². The molecule has 0 heterocycles. The van der Waals surface area contributed by atoms with Gasteiger partial charge in [0.15, 0.2) is 11.5 Å². The Morgan fingerprint density at radius 3 is 2.43 bits per heavy atom. The zero-order valence-electron chi connectivity index (χ0n) is 12.8. The summed E-state index contributed by atoms with van der Waals surface area (Å²) >= 11 is 3.23. The van der Waals surface area contributed by atoms with Crippen LogP contribution in [0.15, 0.2) is 21.5 Å². The molecule has 0 aromatic heterocycles. The van der Waals surface area contributed by atoms with Crippen LogP contribution >= 0.6 is 15.9 Å². The second-order valence-electron chi connectivity index (χ2n) is 5.31. The summed E-state index contributed by atoms with van der Waals surface area (Å²) in [6, 6.07) is 2.41. The second kappa shape index (κ2) is 7.06. The fraction of sp³-hybridized carbons (Fsp3) is 0.500. The predicted molar refractivity (Wildman–Crippen MR) is 87.9 cm³/mol. The van der Waals surface area contributed by atoms with E-state index < -0.39 is 27.9 Å². The first-order valence-electron chi connectivity index (χ1n) is 7.03. The number of methoxy groups -OCH3 is 2. The monoisotopic (exact) mass is 406 g/mol. The van der Waals surface area contributed by atoms with Crippen molar-refractivity contribution < 1.29 is 22.7 Å². The Balaban J connectivity index is 2.34. The summed E-state index contributed by atoms with van der Waals surface area (Å²) in [5.41, 5.74) is 5.34. The Morgan fingerprint density at radius 1 is 1.26 bits per heavy atom. The maximum atomic E-state index is 12.7. The Morgan fingerprint density at radius 2 is 1.87 bits per heavy atom. The van der Waals surface area contributed by atoms with Crippen molar-refractivity contribution in [2.45, 2.75) is 30.2 Å². The van der Waals surface area contributed by atoms with E-state index in [0.29, 0.717) is 28.8 Å². The molecule has 0 radical (unpaired) electrons. The first kappa shape index (κ1) is 18.0. The van der Waals surface area contributed by atoms with E-state index in [1.165, 1.54) is 26.4 Å². The molecule has 128 valence electrons. The van der Waals surface area contributed by atoms with Crippen molar-refractivity contribution in [2.75, 3.05) is 14.2 Å². The van der Waals surface area contributed by atoms with Crippen molar-refractivity contribution in [1.29, 1.82) is 0 Å². The van der Waals surface area contributed by atoms with Gasteiger partial charge in [0.2, 0.25) is 15.9 Å². The van der Waals surface area contributed by atoms with Crippen LogP contribution in [0.5, 0.6) is 11.5 Å². The highest BCUT2D eigenvalue weighted by atomic mass is 79.9. The normalized spacial score (nSPS) is 21.2. The molecule has 0 unspecified atom stereocenters. The summed E-state index contributed by atoms with van der Waals surface area (Å²) in [4.78, 5) is 11.4. The number of hydrogen-bond donors (Lipinski definition) is 2. The smallest absolute Gasteiger partial charge is 0.242 e. The quantitative estimate of drug-likeness (QED) is 0.741. The topological polar surface area (TPSA) is 108 Å². The summed E-state index contributed by atoms with van der Waals surface area (Å²) in [6.45, 7) is 0. The lowest BCUT2D eigenvalue weighted by Crippen LogP contribution is -2.42. The van der Waals surface area contributed by atoms with Crippen LogP contribution in [-0.2, 0) is 14.8 Å². The molecule has 23 heavy (non-hydrogen) atoms. The van der Waals surface area contributed by atoms with Crippen LogP contribution in [0.2, 0.25) is 0 Å². The first-order valence-corrected chi connectivity index (χ1v) is 9.31. The molecule has 3 N–H and O–H groups in total. The van der Waals surface area contributed by atoms with Crippen molar-refractivity contribution in [1.82, 2.24) is 4.72 Å². The van der Waals surface area contributed by atoms with Gasteiger partial charge in [-0.2, -0.15) is 0 Å². The molecule has 1 aliphatic rings. The van der Waals surface area contributed by atoms with Crippen LogP contribution in [-0.4, -0.2) is 34.6 Å². The summed E-state index contributed by atoms with van der Waals surface area (Å²) in [5, 5.41) is 0. The largest absolute Gasteiger partial charge is 0.493 e. The Bertz CT molecular complexity index is 707. The van der Waals surface area contributed by atoms with E-state index in [0.717, 1.165) is 6.42 Å². The number of ether oxygens (including phenoxy) is 2. The summed E-state index contributed by atoms with van der Waals surface area (Å²) < 4.78 is 38.5. The van der Waals surface area contributed by atoms with Crippen LogP contribution in [0.3, 0.4) is 0 Å². The third kappa shape index (κ3) is 3.78. The molecular formula is C14H19BrN2O5S. The molecule has 1 aliphatic carbocycles. The second-order valence-corrected chi connectivity index (χ2v) is 7.84. The minimum Gasteiger partial charge on any atom is -0.493 e. The fourth-order valence-corrected chi connectivity index (χ4v) is 5.09. The van der Waals surface area contributed by atoms with Gasteiger partial charge in [0.1, 0.15) is 4.90 Å². The molecule has 1 amide bonds. The van der Waals surface area contributed by atoms with Gasteiger partial charge >= 0.3 is 0 Å². The third-order valence-electron chi connectivity index (χ3n) is 3.92. The Hall–Kier alpha value is -1.32. The molecule has 0 saturated heterocycles. The molecular weight excluding hydrogens is 388 g/mol. The maximum absolute atomic E-state index is 12.7. The average Bonchev–Trinajstić information content (AvgIpc) is 2.94. The standard InChI is InChI=1S/C14H19BrN2O5S/c1-21-11-6-9(15)13(7-12(11)22-2)23(19,20)17-10-5-3-4-8(10)14(16)18/h6-8,10,17H,3-5H2,1-2H3,(H2,16,18)/t8-,10-/m1/s1. The van der Waals surface area contributed by atoms with E-state index in [1.54, 1.807) is 0 Å². The van der Waals surface area contributed by atoms with Gasteiger partial charge in [0, 0.05) is 16.6 Å². The number of sulfonamides is 1. The zero-order chi connectivity index (χ0) is 17.2. The van der Waals surface area contributed by atoms with Crippen LogP contribution < -0.4 is 19.9 Å². The van der Waals surface area contributed by atoms with E-state index in [2.05, 4.69) is 20.7 Å². The molecule has 2 rings (SSSR count). The van der Waals surface area contributed by atoms with Gasteiger partial charge in [-0.05, 0) is 34.8 Å². The van der Waals surface area contributed by atoms with Crippen LogP contribution in [0, 0.1) is 5.92 Å². The van der Waals surface area contributed by atoms with Gasteiger partial charge in [0.25, 0.3) is 0 Å². The third-order valence-corrected chi connectivity index (χ3v) is 6.36. The number of rotatable bonds is 6. The number of halogens is 1. The van der Waals surface area contributed by atoms with Gasteiger partial charge in [-0.25, -0.2) is 13.1 Å². The lowest BCUT2D eigenvalue weighted by atomic mass is 10.0. The maximum Gasteiger partial charge on any atom is 0.242 e. The molecule has 7 nitrogen and oxygen atoms in total. The SMILES string of the molecule is COc1cc(Br)c(S(=O)(=O)N[C@@H]2CCC[C@H]2C(N)=O)cc1OC. The number of carbonyl (C=O) groups excluding carboxylic acids is 1. The summed E-state index contributed by atoms with van der Waals surface area (Å²) in [7, 11) is -0.947. The number of nitrogens with two attached hydrogens (primary N) is 1. The van der Waals surface area contributed by atoms with E-state index in [1.807, 2.05) is 0 Å². The molecule has 0 aliphatic heterocycles. The number of benzene rings is 1. The van der Waals surface area contributed by atoms with Gasteiger partial charge in [-0.15, -0.1) is 0 Å². The highest BCUT2D eigenvalue weighted by Gasteiger charge is 2.35. The molecule has 1 fully saturated rings. The number of amides is 1.